The van der Waals surface area contributed by atoms with Crippen molar-refractivity contribution in [1.29, 1.82) is 0 Å². The Bertz CT molecular complexity index is 1120. The van der Waals surface area contributed by atoms with Crippen LogP contribution in [0.15, 0.2) is 47.6 Å². The van der Waals surface area contributed by atoms with Gasteiger partial charge in [0.1, 0.15) is 11.6 Å². The Hall–Kier alpha value is -2.45. The molecule has 0 aliphatic carbocycles. The van der Waals surface area contributed by atoms with Gasteiger partial charge in [-0.05, 0) is 30.5 Å². The molecule has 154 valence electrons. The summed E-state index contributed by atoms with van der Waals surface area (Å²) >= 11 is 0. The van der Waals surface area contributed by atoms with Gasteiger partial charge in [-0.1, -0.05) is 19.9 Å². The number of hydrogen-bond donors (Lipinski definition) is 0. The monoisotopic (exact) mass is 414 g/mol. The van der Waals surface area contributed by atoms with Crippen molar-refractivity contribution in [3.05, 3.63) is 48.5 Å². The average Bonchev–Trinajstić information content (AvgIpc) is 3.33. The number of ether oxygens (including phenoxy) is 1. The average molecular weight is 415 g/mol. The minimum absolute atomic E-state index is 0.0570. The summed E-state index contributed by atoms with van der Waals surface area (Å²) < 4.78 is 35.2. The maximum Gasteiger partial charge on any atom is 0.243 e. The van der Waals surface area contributed by atoms with Crippen molar-refractivity contribution in [1.82, 2.24) is 18.8 Å². The maximum atomic E-state index is 13.1. The fraction of sp³-hybridized carbons (Fsp3) is 0.429. The van der Waals surface area contributed by atoms with Crippen LogP contribution in [-0.2, 0) is 16.6 Å². The Kier molecular flexibility index (Phi) is 5.31. The number of rotatable bonds is 6. The quantitative estimate of drug-likeness (QED) is 0.619. The summed E-state index contributed by atoms with van der Waals surface area (Å²) in [6, 6.07) is 8.55. The van der Waals surface area contributed by atoms with Crippen molar-refractivity contribution in [3.63, 3.8) is 0 Å². The fourth-order valence-corrected chi connectivity index (χ4v) is 5.46. The lowest BCUT2D eigenvalue weighted by atomic mass is 10.1. The van der Waals surface area contributed by atoms with E-state index in [1.807, 2.05) is 12.3 Å². The molecule has 4 rings (SSSR count). The molecule has 0 amide bonds. The zero-order valence-electron chi connectivity index (χ0n) is 16.9. The molecule has 1 atom stereocenters. The highest BCUT2D eigenvalue weighted by Crippen LogP contribution is 2.33. The lowest BCUT2D eigenvalue weighted by Gasteiger charge is -2.18. The highest BCUT2D eigenvalue weighted by atomic mass is 32.2. The number of benzene rings is 1. The molecule has 1 fully saturated rings. The first-order valence-corrected chi connectivity index (χ1v) is 11.3. The minimum Gasteiger partial charge on any atom is -0.497 e. The van der Waals surface area contributed by atoms with Crippen molar-refractivity contribution >= 4 is 21.1 Å². The summed E-state index contributed by atoms with van der Waals surface area (Å²) in [4.78, 5) is 9.36. The van der Waals surface area contributed by atoms with E-state index in [2.05, 4.69) is 23.4 Å². The van der Waals surface area contributed by atoms with Gasteiger partial charge in [0.05, 0.1) is 29.2 Å². The number of imidazole rings is 1. The number of nitrogens with zero attached hydrogens (tertiary/aromatic N) is 4. The molecule has 1 saturated heterocycles. The smallest absolute Gasteiger partial charge is 0.243 e. The standard InChI is InChI=1S/C21H26N4O3S/c1-15(2)13-25-20-12-22-9-7-19(20)23-21(25)16-8-10-24(14-16)29(26,27)18-6-4-5-17(11-18)28-3/h4-7,9,11-12,15-16H,8,10,13-14H2,1-3H3/t16-/m1/s1. The third kappa shape index (κ3) is 3.74. The molecule has 0 saturated carbocycles. The van der Waals surface area contributed by atoms with Crippen molar-refractivity contribution in [2.45, 2.75) is 37.6 Å². The van der Waals surface area contributed by atoms with Crippen LogP contribution in [0, 0.1) is 5.92 Å². The predicted molar refractivity (Wildman–Crippen MR) is 111 cm³/mol. The Morgan fingerprint density at radius 2 is 2.10 bits per heavy atom. The Morgan fingerprint density at radius 1 is 1.28 bits per heavy atom. The second-order valence-corrected chi connectivity index (χ2v) is 9.80. The molecule has 0 radical (unpaired) electrons. The van der Waals surface area contributed by atoms with Crippen molar-refractivity contribution < 1.29 is 13.2 Å². The first kappa shape index (κ1) is 19.8. The van der Waals surface area contributed by atoms with Gasteiger partial charge in [-0.25, -0.2) is 13.4 Å². The summed E-state index contributed by atoms with van der Waals surface area (Å²) in [5.41, 5.74) is 1.91. The van der Waals surface area contributed by atoms with Crippen LogP contribution < -0.4 is 4.74 Å². The van der Waals surface area contributed by atoms with E-state index in [4.69, 9.17) is 9.72 Å². The van der Waals surface area contributed by atoms with Crippen LogP contribution in [0.3, 0.4) is 0 Å². The molecule has 0 bridgehead atoms. The van der Waals surface area contributed by atoms with E-state index in [-0.39, 0.29) is 10.8 Å². The molecule has 3 aromatic rings. The number of pyridine rings is 1. The van der Waals surface area contributed by atoms with Gasteiger partial charge in [-0.2, -0.15) is 4.31 Å². The maximum absolute atomic E-state index is 13.1. The van der Waals surface area contributed by atoms with Crippen LogP contribution >= 0.6 is 0 Å². The van der Waals surface area contributed by atoms with Gasteiger partial charge >= 0.3 is 0 Å². The third-order valence-electron chi connectivity index (χ3n) is 5.32. The number of aromatic nitrogens is 3. The number of methoxy groups -OCH3 is 1. The second-order valence-electron chi connectivity index (χ2n) is 7.87. The summed E-state index contributed by atoms with van der Waals surface area (Å²) in [5, 5.41) is 0. The molecule has 7 nitrogen and oxygen atoms in total. The Balaban J connectivity index is 1.65. The number of hydrogen-bond acceptors (Lipinski definition) is 5. The number of fused-ring (bicyclic) bond motifs is 1. The zero-order valence-corrected chi connectivity index (χ0v) is 17.8. The molecule has 1 aromatic carbocycles. The van der Waals surface area contributed by atoms with Crippen LogP contribution in [-0.4, -0.2) is 47.5 Å². The van der Waals surface area contributed by atoms with Crippen LogP contribution in [0.5, 0.6) is 5.75 Å². The predicted octanol–water partition coefficient (Wildman–Crippen LogP) is 3.27. The first-order valence-electron chi connectivity index (χ1n) is 9.84. The van der Waals surface area contributed by atoms with E-state index in [1.54, 1.807) is 34.8 Å². The molecule has 8 heteroatoms. The summed E-state index contributed by atoms with van der Waals surface area (Å²) in [5.74, 6) is 1.99. The van der Waals surface area contributed by atoms with Gasteiger partial charge in [-0.3, -0.25) is 4.98 Å². The molecule has 0 unspecified atom stereocenters. The van der Waals surface area contributed by atoms with E-state index in [0.29, 0.717) is 24.8 Å². The second kappa shape index (κ2) is 7.76. The van der Waals surface area contributed by atoms with Crippen LogP contribution in [0.25, 0.3) is 11.0 Å². The summed E-state index contributed by atoms with van der Waals surface area (Å²) in [6.45, 7) is 6.07. The van der Waals surface area contributed by atoms with Crippen LogP contribution in [0.1, 0.15) is 32.0 Å². The molecule has 0 N–H and O–H groups in total. The van der Waals surface area contributed by atoms with E-state index >= 15 is 0 Å². The van der Waals surface area contributed by atoms with Gasteiger partial charge in [0.15, 0.2) is 0 Å². The highest BCUT2D eigenvalue weighted by Gasteiger charge is 2.35. The summed E-state index contributed by atoms with van der Waals surface area (Å²) in [7, 11) is -2.04. The third-order valence-corrected chi connectivity index (χ3v) is 7.18. The Labute approximate surface area is 171 Å². The van der Waals surface area contributed by atoms with E-state index in [9.17, 15) is 8.42 Å². The molecule has 2 aromatic heterocycles. The molecule has 3 heterocycles. The molecular weight excluding hydrogens is 388 g/mol. The largest absolute Gasteiger partial charge is 0.497 e. The van der Waals surface area contributed by atoms with Gasteiger partial charge in [0.2, 0.25) is 10.0 Å². The lowest BCUT2D eigenvalue weighted by Crippen LogP contribution is -2.29. The van der Waals surface area contributed by atoms with Crippen LogP contribution in [0.2, 0.25) is 0 Å². The van der Waals surface area contributed by atoms with Crippen molar-refractivity contribution in [2.75, 3.05) is 20.2 Å². The fourth-order valence-electron chi connectivity index (χ4n) is 3.93. The van der Waals surface area contributed by atoms with Gasteiger partial charge in [0, 0.05) is 37.8 Å². The van der Waals surface area contributed by atoms with Gasteiger partial charge in [0.25, 0.3) is 0 Å². The normalized spacial score (nSPS) is 18.0. The molecule has 1 aliphatic rings. The summed E-state index contributed by atoms with van der Waals surface area (Å²) in [6.07, 6.45) is 4.33. The van der Waals surface area contributed by atoms with Crippen LogP contribution in [0.4, 0.5) is 0 Å². The topological polar surface area (TPSA) is 77.3 Å². The minimum atomic E-state index is -3.57. The van der Waals surface area contributed by atoms with Crippen molar-refractivity contribution in [2.24, 2.45) is 5.92 Å². The van der Waals surface area contributed by atoms with Gasteiger partial charge < -0.3 is 9.30 Å². The first-order chi connectivity index (χ1) is 13.9. The van der Waals surface area contributed by atoms with E-state index < -0.39 is 10.0 Å². The molecule has 29 heavy (non-hydrogen) atoms. The van der Waals surface area contributed by atoms with E-state index in [1.165, 1.54) is 7.11 Å². The molecule has 1 aliphatic heterocycles. The lowest BCUT2D eigenvalue weighted by molar-refractivity contribution is 0.412. The number of sulfonamides is 1. The molecular formula is C21H26N4O3S. The van der Waals surface area contributed by atoms with Crippen molar-refractivity contribution in [3.8, 4) is 5.75 Å². The van der Waals surface area contributed by atoms with Gasteiger partial charge in [-0.15, -0.1) is 0 Å². The Morgan fingerprint density at radius 3 is 2.86 bits per heavy atom. The SMILES string of the molecule is COc1cccc(S(=O)(=O)N2CC[C@@H](c3nc4ccncc4n3CC(C)C)C2)c1. The van der Waals surface area contributed by atoms with E-state index in [0.717, 1.165) is 29.8 Å². The zero-order chi connectivity index (χ0) is 20.6. The highest BCUT2D eigenvalue weighted by molar-refractivity contribution is 7.89. The molecule has 0 spiro atoms.